The predicted octanol–water partition coefficient (Wildman–Crippen LogP) is 3.74. The summed E-state index contributed by atoms with van der Waals surface area (Å²) in [5.74, 6) is 1.49. The Balaban J connectivity index is 1.85. The third-order valence-electron chi connectivity index (χ3n) is 3.01. The van der Waals surface area contributed by atoms with E-state index in [1.165, 1.54) is 17.5 Å². The molecule has 0 aliphatic heterocycles. The fourth-order valence-corrected chi connectivity index (χ4v) is 3.39. The topological polar surface area (TPSA) is 17.1 Å². The molecule has 1 aliphatic rings. The standard InChI is InChI=1S/C14H18OS/c1-11-4-2-5-12(8-11)10-16-14-7-3-6-13(15)9-14/h2,4-5,8,14H,3,6-7,9-10H2,1H3. The number of carbonyl (C=O) groups is 1. The van der Waals surface area contributed by atoms with Gasteiger partial charge in [-0.1, -0.05) is 29.8 Å². The number of Topliss-reactive ketones (excluding diaryl/α,β-unsaturated/α-hetero) is 1. The van der Waals surface area contributed by atoms with Crippen molar-refractivity contribution in [3.8, 4) is 0 Å². The van der Waals surface area contributed by atoms with Gasteiger partial charge in [-0.2, -0.15) is 11.8 Å². The van der Waals surface area contributed by atoms with Gasteiger partial charge in [0.25, 0.3) is 0 Å². The van der Waals surface area contributed by atoms with Crippen molar-refractivity contribution in [2.45, 2.75) is 43.6 Å². The van der Waals surface area contributed by atoms with Crippen molar-refractivity contribution in [1.29, 1.82) is 0 Å². The minimum absolute atomic E-state index is 0.452. The van der Waals surface area contributed by atoms with Crippen LogP contribution in [0.5, 0.6) is 0 Å². The van der Waals surface area contributed by atoms with E-state index in [0.29, 0.717) is 11.0 Å². The first-order chi connectivity index (χ1) is 7.74. The molecule has 0 heterocycles. The van der Waals surface area contributed by atoms with Gasteiger partial charge >= 0.3 is 0 Å². The minimum Gasteiger partial charge on any atom is -0.300 e. The molecule has 0 saturated heterocycles. The van der Waals surface area contributed by atoms with E-state index in [-0.39, 0.29) is 0 Å². The van der Waals surface area contributed by atoms with E-state index in [0.717, 1.165) is 25.0 Å². The van der Waals surface area contributed by atoms with Crippen LogP contribution in [-0.2, 0) is 10.5 Å². The largest absolute Gasteiger partial charge is 0.300 e. The Morgan fingerprint density at radius 1 is 1.44 bits per heavy atom. The highest BCUT2D eigenvalue weighted by molar-refractivity contribution is 7.99. The van der Waals surface area contributed by atoms with Gasteiger partial charge in [-0.3, -0.25) is 4.79 Å². The lowest BCUT2D eigenvalue weighted by Crippen LogP contribution is -2.16. The second kappa shape index (κ2) is 5.53. The molecule has 1 aromatic rings. The molecule has 1 fully saturated rings. The Hall–Kier alpha value is -0.760. The third-order valence-corrected chi connectivity index (χ3v) is 4.38. The van der Waals surface area contributed by atoms with Crippen LogP contribution in [0, 0.1) is 6.92 Å². The number of benzene rings is 1. The molecule has 2 rings (SSSR count). The summed E-state index contributed by atoms with van der Waals surface area (Å²) in [5, 5.41) is 0.557. The Morgan fingerprint density at radius 3 is 3.06 bits per heavy atom. The van der Waals surface area contributed by atoms with Gasteiger partial charge in [-0.05, 0) is 25.3 Å². The van der Waals surface area contributed by atoms with E-state index >= 15 is 0 Å². The molecule has 1 unspecified atom stereocenters. The van der Waals surface area contributed by atoms with Crippen LogP contribution in [0.25, 0.3) is 0 Å². The van der Waals surface area contributed by atoms with Crippen LogP contribution in [0.4, 0.5) is 0 Å². The maximum absolute atomic E-state index is 11.3. The van der Waals surface area contributed by atoms with Crippen molar-refractivity contribution in [3.05, 3.63) is 35.4 Å². The molecule has 0 aromatic heterocycles. The molecule has 1 aliphatic carbocycles. The van der Waals surface area contributed by atoms with E-state index in [9.17, 15) is 4.79 Å². The van der Waals surface area contributed by atoms with E-state index in [2.05, 4.69) is 31.2 Å². The molecule has 0 bridgehead atoms. The molecule has 86 valence electrons. The Bertz CT molecular complexity index is 373. The number of aryl methyl sites for hydroxylation is 1. The Morgan fingerprint density at radius 2 is 2.31 bits per heavy atom. The molecule has 0 spiro atoms. The van der Waals surface area contributed by atoms with Crippen molar-refractivity contribution in [2.24, 2.45) is 0 Å². The van der Waals surface area contributed by atoms with Gasteiger partial charge in [-0.25, -0.2) is 0 Å². The van der Waals surface area contributed by atoms with Crippen LogP contribution in [0.3, 0.4) is 0 Å². The molecule has 0 N–H and O–H groups in total. The number of ketones is 1. The highest BCUT2D eigenvalue weighted by atomic mass is 32.2. The van der Waals surface area contributed by atoms with Crippen LogP contribution in [0.1, 0.15) is 36.8 Å². The van der Waals surface area contributed by atoms with E-state index in [1.807, 2.05) is 11.8 Å². The summed E-state index contributed by atoms with van der Waals surface area (Å²) >= 11 is 1.94. The van der Waals surface area contributed by atoms with Crippen molar-refractivity contribution >= 4 is 17.5 Å². The molecule has 1 aromatic carbocycles. The minimum atomic E-state index is 0.452. The Labute approximate surface area is 102 Å². The summed E-state index contributed by atoms with van der Waals surface area (Å²) in [6.07, 6.45) is 3.89. The quantitative estimate of drug-likeness (QED) is 0.792. The van der Waals surface area contributed by atoms with Gasteiger partial charge in [0.05, 0.1) is 0 Å². The zero-order valence-corrected chi connectivity index (χ0v) is 10.6. The summed E-state index contributed by atoms with van der Waals surface area (Å²) in [4.78, 5) is 11.3. The molecule has 1 nitrogen and oxygen atoms in total. The van der Waals surface area contributed by atoms with Gasteiger partial charge in [0.1, 0.15) is 5.78 Å². The number of rotatable bonds is 3. The number of carbonyl (C=O) groups excluding carboxylic acids is 1. The van der Waals surface area contributed by atoms with E-state index in [1.54, 1.807) is 0 Å². The van der Waals surface area contributed by atoms with Gasteiger partial charge in [0, 0.05) is 23.8 Å². The lowest BCUT2D eigenvalue weighted by molar-refractivity contribution is -0.120. The summed E-state index contributed by atoms with van der Waals surface area (Å²) in [7, 11) is 0. The first-order valence-corrected chi connectivity index (χ1v) is 6.98. The predicted molar refractivity (Wildman–Crippen MR) is 69.7 cm³/mol. The monoisotopic (exact) mass is 234 g/mol. The molecule has 0 radical (unpaired) electrons. The molecule has 1 atom stereocenters. The zero-order valence-electron chi connectivity index (χ0n) is 9.74. The highest BCUT2D eigenvalue weighted by Gasteiger charge is 2.19. The molecule has 0 amide bonds. The van der Waals surface area contributed by atoms with Crippen LogP contribution in [-0.4, -0.2) is 11.0 Å². The summed E-state index contributed by atoms with van der Waals surface area (Å²) in [6.45, 7) is 2.12. The van der Waals surface area contributed by atoms with Gasteiger partial charge in [0.15, 0.2) is 0 Å². The highest BCUT2D eigenvalue weighted by Crippen LogP contribution is 2.29. The number of hydrogen-bond acceptors (Lipinski definition) is 2. The van der Waals surface area contributed by atoms with Crippen molar-refractivity contribution in [1.82, 2.24) is 0 Å². The third kappa shape index (κ3) is 3.38. The lowest BCUT2D eigenvalue weighted by Gasteiger charge is -2.20. The average molecular weight is 234 g/mol. The number of thioether (sulfide) groups is 1. The maximum Gasteiger partial charge on any atom is 0.134 e. The van der Waals surface area contributed by atoms with Crippen LogP contribution < -0.4 is 0 Å². The van der Waals surface area contributed by atoms with Crippen LogP contribution in [0.2, 0.25) is 0 Å². The van der Waals surface area contributed by atoms with Gasteiger partial charge in [-0.15, -0.1) is 0 Å². The second-order valence-electron chi connectivity index (χ2n) is 4.56. The fraction of sp³-hybridized carbons (Fsp3) is 0.500. The second-order valence-corrected chi connectivity index (χ2v) is 5.85. The summed E-state index contributed by atoms with van der Waals surface area (Å²) < 4.78 is 0. The molecule has 1 saturated carbocycles. The zero-order chi connectivity index (χ0) is 11.4. The van der Waals surface area contributed by atoms with Crippen molar-refractivity contribution in [2.75, 3.05) is 0 Å². The van der Waals surface area contributed by atoms with E-state index in [4.69, 9.17) is 0 Å². The average Bonchev–Trinajstić information content (AvgIpc) is 2.27. The first kappa shape index (κ1) is 11.7. The summed E-state index contributed by atoms with van der Waals surface area (Å²) in [6, 6.07) is 8.64. The van der Waals surface area contributed by atoms with Crippen LogP contribution in [0.15, 0.2) is 24.3 Å². The van der Waals surface area contributed by atoms with Crippen molar-refractivity contribution < 1.29 is 4.79 Å². The molecule has 2 heteroatoms. The molecular formula is C14H18OS. The first-order valence-electron chi connectivity index (χ1n) is 5.93. The lowest BCUT2D eigenvalue weighted by atomic mass is 9.99. The normalized spacial score (nSPS) is 21.1. The summed E-state index contributed by atoms with van der Waals surface area (Å²) in [5.41, 5.74) is 2.70. The Kier molecular flexibility index (Phi) is 4.05. The number of hydrogen-bond donors (Lipinski definition) is 0. The van der Waals surface area contributed by atoms with Gasteiger partial charge < -0.3 is 0 Å². The maximum atomic E-state index is 11.3. The van der Waals surface area contributed by atoms with Crippen molar-refractivity contribution in [3.63, 3.8) is 0 Å². The van der Waals surface area contributed by atoms with Crippen LogP contribution >= 0.6 is 11.8 Å². The molecular weight excluding hydrogens is 216 g/mol. The van der Waals surface area contributed by atoms with E-state index < -0.39 is 0 Å². The van der Waals surface area contributed by atoms with Gasteiger partial charge in [0.2, 0.25) is 0 Å². The fourth-order valence-electron chi connectivity index (χ4n) is 2.14. The molecule has 16 heavy (non-hydrogen) atoms. The smallest absolute Gasteiger partial charge is 0.134 e. The SMILES string of the molecule is Cc1cccc(CSC2CCCC(=O)C2)c1.